The van der Waals surface area contributed by atoms with E-state index in [-0.39, 0.29) is 5.91 Å². The molecule has 0 unspecified atom stereocenters. The molecule has 3 rings (SSSR count). The highest BCUT2D eigenvalue weighted by Crippen LogP contribution is 2.26. The standard InChI is InChI=1S/C17H29N5O/c1-12(2)14-6-10-21(11-7-14)17(23)16-13(3)22(20-19-16)15-4-8-18-9-5-15/h12,14-15,18H,4-11H2,1-3H3. The SMILES string of the molecule is Cc1c(C(=O)N2CCC(C(C)C)CC2)nnn1C1CCNCC1. The molecule has 1 N–H and O–H groups in total. The van der Waals surface area contributed by atoms with Crippen molar-refractivity contribution in [2.75, 3.05) is 26.2 Å². The molecule has 128 valence electrons. The minimum Gasteiger partial charge on any atom is -0.337 e. The summed E-state index contributed by atoms with van der Waals surface area (Å²) < 4.78 is 1.97. The van der Waals surface area contributed by atoms with E-state index in [2.05, 4.69) is 29.5 Å². The maximum Gasteiger partial charge on any atom is 0.276 e. The highest BCUT2D eigenvalue weighted by Gasteiger charge is 2.29. The fourth-order valence-electron chi connectivity index (χ4n) is 3.86. The first-order chi connectivity index (χ1) is 11.1. The van der Waals surface area contributed by atoms with E-state index in [9.17, 15) is 4.79 Å². The van der Waals surface area contributed by atoms with E-state index in [4.69, 9.17) is 0 Å². The van der Waals surface area contributed by atoms with Crippen LogP contribution in [0.15, 0.2) is 0 Å². The van der Waals surface area contributed by atoms with Gasteiger partial charge in [0.2, 0.25) is 0 Å². The summed E-state index contributed by atoms with van der Waals surface area (Å²) in [5, 5.41) is 11.9. The van der Waals surface area contributed by atoms with E-state index in [0.29, 0.717) is 17.7 Å². The van der Waals surface area contributed by atoms with Gasteiger partial charge in [0.05, 0.1) is 11.7 Å². The van der Waals surface area contributed by atoms with Crippen molar-refractivity contribution >= 4 is 5.91 Å². The van der Waals surface area contributed by atoms with Crippen molar-refractivity contribution in [1.29, 1.82) is 0 Å². The van der Waals surface area contributed by atoms with Crippen molar-refractivity contribution in [2.24, 2.45) is 11.8 Å². The van der Waals surface area contributed by atoms with Crippen LogP contribution in [0.2, 0.25) is 0 Å². The summed E-state index contributed by atoms with van der Waals surface area (Å²) in [4.78, 5) is 14.8. The molecular formula is C17H29N5O. The third-order valence-corrected chi connectivity index (χ3v) is 5.55. The molecule has 1 amide bonds. The molecule has 1 aromatic heterocycles. The number of hydrogen-bond donors (Lipinski definition) is 1. The largest absolute Gasteiger partial charge is 0.337 e. The van der Waals surface area contributed by atoms with E-state index in [1.807, 2.05) is 16.5 Å². The number of nitrogens with zero attached hydrogens (tertiary/aromatic N) is 4. The van der Waals surface area contributed by atoms with Crippen LogP contribution in [0, 0.1) is 18.8 Å². The van der Waals surface area contributed by atoms with Crippen molar-refractivity contribution in [3.05, 3.63) is 11.4 Å². The van der Waals surface area contributed by atoms with Crippen LogP contribution in [0.3, 0.4) is 0 Å². The summed E-state index contributed by atoms with van der Waals surface area (Å²) in [7, 11) is 0. The van der Waals surface area contributed by atoms with E-state index >= 15 is 0 Å². The Bertz CT molecular complexity index is 539. The van der Waals surface area contributed by atoms with Gasteiger partial charge in [0.1, 0.15) is 0 Å². The zero-order valence-corrected chi connectivity index (χ0v) is 14.6. The number of piperidine rings is 2. The van der Waals surface area contributed by atoms with Crippen molar-refractivity contribution < 1.29 is 4.79 Å². The summed E-state index contributed by atoms with van der Waals surface area (Å²) in [6, 6.07) is 0.372. The lowest BCUT2D eigenvalue weighted by Crippen LogP contribution is -2.40. The maximum atomic E-state index is 12.8. The first-order valence-corrected chi connectivity index (χ1v) is 8.99. The fourth-order valence-corrected chi connectivity index (χ4v) is 3.86. The summed E-state index contributed by atoms with van der Waals surface area (Å²) in [5.41, 5.74) is 1.47. The molecule has 0 saturated carbocycles. The second-order valence-electron chi connectivity index (χ2n) is 7.32. The molecule has 3 heterocycles. The number of nitrogens with one attached hydrogen (secondary N) is 1. The minimum absolute atomic E-state index is 0.0601. The Morgan fingerprint density at radius 3 is 2.43 bits per heavy atom. The third-order valence-electron chi connectivity index (χ3n) is 5.55. The highest BCUT2D eigenvalue weighted by molar-refractivity contribution is 5.93. The number of amides is 1. The molecule has 0 radical (unpaired) electrons. The second-order valence-corrected chi connectivity index (χ2v) is 7.32. The van der Waals surface area contributed by atoms with E-state index < -0.39 is 0 Å². The lowest BCUT2D eigenvalue weighted by atomic mass is 9.86. The molecule has 23 heavy (non-hydrogen) atoms. The normalized spacial score (nSPS) is 21.1. The number of hydrogen-bond acceptors (Lipinski definition) is 4. The number of likely N-dealkylation sites (tertiary alicyclic amines) is 1. The highest BCUT2D eigenvalue weighted by atomic mass is 16.2. The second kappa shape index (κ2) is 6.99. The van der Waals surface area contributed by atoms with Gasteiger partial charge < -0.3 is 10.2 Å². The quantitative estimate of drug-likeness (QED) is 0.926. The summed E-state index contributed by atoms with van der Waals surface area (Å²) in [6.07, 6.45) is 4.31. The third kappa shape index (κ3) is 3.42. The number of carbonyl (C=O) groups excluding carboxylic acids is 1. The van der Waals surface area contributed by atoms with Gasteiger partial charge in [-0.25, -0.2) is 4.68 Å². The predicted octanol–water partition coefficient (Wildman–Crippen LogP) is 2.02. The van der Waals surface area contributed by atoms with Crippen molar-refractivity contribution in [3.63, 3.8) is 0 Å². The van der Waals surface area contributed by atoms with Gasteiger partial charge in [-0.3, -0.25) is 4.79 Å². The van der Waals surface area contributed by atoms with Gasteiger partial charge in [-0.1, -0.05) is 19.1 Å². The van der Waals surface area contributed by atoms with Gasteiger partial charge in [0.15, 0.2) is 5.69 Å². The molecule has 2 aliphatic rings. The van der Waals surface area contributed by atoms with Gasteiger partial charge in [-0.2, -0.15) is 0 Å². The van der Waals surface area contributed by atoms with Gasteiger partial charge in [0.25, 0.3) is 5.91 Å². The molecule has 1 aromatic rings. The molecule has 6 heteroatoms. The zero-order chi connectivity index (χ0) is 16.4. The Labute approximate surface area is 138 Å². The molecule has 6 nitrogen and oxygen atoms in total. The Balaban J connectivity index is 1.67. The molecule has 0 aliphatic carbocycles. The van der Waals surface area contributed by atoms with E-state index in [1.165, 1.54) is 0 Å². The number of aromatic nitrogens is 3. The fraction of sp³-hybridized carbons (Fsp3) is 0.824. The van der Waals surface area contributed by atoms with Crippen LogP contribution < -0.4 is 5.32 Å². The van der Waals surface area contributed by atoms with Crippen molar-refractivity contribution in [1.82, 2.24) is 25.2 Å². The average molecular weight is 319 g/mol. The first kappa shape index (κ1) is 16.4. The van der Waals surface area contributed by atoms with Gasteiger partial charge in [-0.15, -0.1) is 5.10 Å². The maximum absolute atomic E-state index is 12.8. The zero-order valence-electron chi connectivity index (χ0n) is 14.6. The van der Waals surface area contributed by atoms with Crippen LogP contribution in [0.1, 0.15) is 61.8 Å². The molecule has 2 fully saturated rings. The summed E-state index contributed by atoms with van der Waals surface area (Å²) in [6.45, 7) is 10.2. The van der Waals surface area contributed by atoms with Crippen LogP contribution in [0.5, 0.6) is 0 Å². The molecule has 0 atom stereocenters. The van der Waals surface area contributed by atoms with Crippen molar-refractivity contribution in [2.45, 2.75) is 52.5 Å². The Kier molecular flexibility index (Phi) is 4.99. The molecular weight excluding hydrogens is 290 g/mol. The summed E-state index contributed by atoms with van der Waals surface area (Å²) in [5.74, 6) is 1.50. The lowest BCUT2D eigenvalue weighted by molar-refractivity contribution is 0.0661. The predicted molar refractivity (Wildman–Crippen MR) is 89.4 cm³/mol. The minimum atomic E-state index is 0.0601. The molecule has 2 aliphatic heterocycles. The molecule has 2 saturated heterocycles. The smallest absolute Gasteiger partial charge is 0.276 e. The number of carbonyl (C=O) groups is 1. The van der Waals surface area contributed by atoms with E-state index in [0.717, 1.165) is 63.5 Å². The average Bonchev–Trinajstić information content (AvgIpc) is 2.96. The van der Waals surface area contributed by atoms with Crippen molar-refractivity contribution in [3.8, 4) is 0 Å². The Morgan fingerprint density at radius 2 is 1.83 bits per heavy atom. The topological polar surface area (TPSA) is 63.1 Å². The van der Waals surface area contributed by atoms with Crippen LogP contribution in [-0.2, 0) is 0 Å². The van der Waals surface area contributed by atoms with Crippen LogP contribution in [0.4, 0.5) is 0 Å². The van der Waals surface area contributed by atoms with Gasteiger partial charge in [0, 0.05) is 13.1 Å². The van der Waals surface area contributed by atoms with Crippen LogP contribution in [0.25, 0.3) is 0 Å². The molecule has 0 spiro atoms. The Hall–Kier alpha value is -1.43. The monoisotopic (exact) mass is 319 g/mol. The first-order valence-electron chi connectivity index (χ1n) is 8.99. The Morgan fingerprint density at radius 1 is 1.17 bits per heavy atom. The van der Waals surface area contributed by atoms with Crippen LogP contribution in [-0.4, -0.2) is 52.0 Å². The molecule has 0 aromatic carbocycles. The number of rotatable bonds is 3. The molecule has 0 bridgehead atoms. The summed E-state index contributed by atoms with van der Waals surface area (Å²) >= 11 is 0. The van der Waals surface area contributed by atoms with Crippen LogP contribution >= 0.6 is 0 Å². The van der Waals surface area contributed by atoms with E-state index in [1.54, 1.807) is 0 Å². The lowest BCUT2D eigenvalue weighted by Gasteiger charge is -2.33. The van der Waals surface area contributed by atoms with Gasteiger partial charge >= 0.3 is 0 Å². The van der Waals surface area contributed by atoms with Gasteiger partial charge in [-0.05, 0) is 57.5 Å².